The van der Waals surface area contributed by atoms with E-state index in [2.05, 4.69) is 23.8 Å². The minimum Gasteiger partial charge on any atom is -0.301 e. The van der Waals surface area contributed by atoms with Crippen LogP contribution in [0.1, 0.15) is 30.1 Å². The summed E-state index contributed by atoms with van der Waals surface area (Å²) in [5.74, 6) is -1.62. The summed E-state index contributed by atoms with van der Waals surface area (Å²) in [5, 5.41) is 0. The number of carbonyl (C=O) groups is 1. The molecule has 1 aliphatic heterocycles. The smallest absolute Gasteiger partial charge is 0.164 e. The molecule has 0 radical (unpaired) electrons. The number of carbonyl (C=O) groups excluding carboxylic acids is 1. The summed E-state index contributed by atoms with van der Waals surface area (Å²) in [6.07, 6.45) is 1.37. The molecule has 0 amide bonds. The van der Waals surface area contributed by atoms with Gasteiger partial charge in [0.2, 0.25) is 0 Å². The Morgan fingerprint density at radius 3 is 2.52 bits per heavy atom. The Balaban J connectivity index is 1.89. The van der Waals surface area contributed by atoms with E-state index in [9.17, 15) is 13.6 Å². The molecule has 0 aromatic heterocycles. The maximum Gasteiger partial charge on any atom is 0.164 e. The second-order valence-corrected chi connectivity index (χ2v) is 5.67. The summed E-state index contributed by atoms with van der Waals surface area (Å²) >= 11 is 0. The Bertz CT molecular complexity index is 487. The first kappa shape index (κ1) is 16.0. The molecule has 1 fully saturated rings. The molecule has 21 heavy (non-hydrogen) atoms. The van der Waals surface area contributed by atoms with Gasteiger partial charge in [0.15, 0.2) is 5.78 Å². The molecule has 1 atom stereocenters. The van der Waals surface area contributed by atoms with Crippen molar-refractivity contribution in [1.29, 1.82) is 0 Å². The predicted octanol–water partition coefficient (Wildman–Crippen LogP) is 2.56. The molecular formula is C16H22F2N2O. The summed E-state index contributed by atoms with van der Waals surface area (Å²) < 4.78 is 26.2. The lowest BCUT2D eigenvalue weighted by Crippen LogP contribution is -2.51. The maximum absolute atomic E-state index is 13.1. The van der Waals surface area contributed by atoms with E-state index in [-0.39, 0.29) is 11.3 Å². The minimum atomic E-state index is -0.705. The van der Waals surface area contributed by atoms with Gasteiger partial charge in [-0.1, -0.05) is 6.92 Å². The lowest BCUT2D eigenvalue weighted by Gasteiger charge is -2.39. The van der Waals surface area contributed by atoms with Crippen LogP contribution in [-0.4, -0.2) is 54.9 Å². The van der Waals surface area contributed by atoms with Crippen LogP contribution in [0.2, 0.25) is 0 Å². The molecule has 1 aromatic carbocycles. The monoisotopic (exact) mass is 296 g/mol. The molecule has 0 N–H and O–H groups in total. The van der Waals surface area contributed by atoms with Crippen molar-refractivity contribution < 1.29 is 13.6 Å². The van der Waals surface area contributed by atoms with E-state index in [0.29, 0.717) is 19.0 Å². The highest BCUT2D eigenvalue weighted by atomic mass is 19.1. The zero-order valence-corrected chi connectivity index (χ0v) is 12.6. The van der Waals surface area contributed by atoms with E-state index < -0.39 is 11.6 Å². The van der Waals surface area contributed by atoms with Crippen molar-refractivity contribution >= 4 is 5.78 Å². The molecular weight excluding hydrogens is 274 g/mol. The number of rotatable bonds is 5. The lowest BCUT2D eigenvalue weighted by molar-refractivity contribution is 0.0824. The molecule has 1 unspecified atom stereocenters. The molecule has 1 aliphatic rings. The average Bonchev–Trinajstić information content (AvgIpc) is 2.45. The molecule has 1 aromatic rings. The van der Waals surface area contributed by atoms with Gasteiger partial charge in [-0.25, -0.2) is 8.78 Å². The summed E-state index contributed by atoms with van der Waals surface area (Å²) in [7, 11) is 2.12. The fourth-order valence-corrected chi connectivity index (χ4v) is 2.77. The highest BCUT2D eigenvalue weighted by Gasteiger charge is 2.23. The minimum absolute atomic E-state index is 0.119. The zero-order valence-electron chi connectivity index (χ0n) is 12.6. The zero-order chi connectivity index (χ0) is 15.4. The summed E-state index contributed by atoms with van der Waals surface area (Å²) in [5.41, 5.74) is 0.119. The SMILES string of the molecule is CCC1CN(CCC(=O)c2cc(F)cc(F)c2)CCN1C. The third kappa shape index (κ3) is 4.32. The largest absolute Gasteiger partial charge is 0.301 e. The number of nitrogens with zero attached hydrogens (tertiary/aromatic N) is 2. The van der Waals surface area contributed by atoms with Crippen LogP contribution in [0.3, 0.4) is 0 Å². The lowest BCUT2D eigenvalue weighted by atomic mass is 10.1. The van der Waals surface area contributed by atoms with Gasteiger partial charge in [0.05, 0.1) is 0 Å². The maximum atomic E-state index is 13.1. The number of Topliss-reactive ketones (excluding diaryl/α,β-unsaturated/α-hetero) is 1. The van der Waals surface area contributed by atoms with Crippen LogP contribution in [-0.2, 0) is 0 Å². The van der Waals surface area contributed by atoms with Crippen LogP contribution in [0.4, 0.5) is 8.78 Å². The van der Waals surface area contributed by atoms with Gasteiger partial charge in [-0.15, -0.1) is 0 Å². The topological polar surface area (TPSA) is 23.6 Å². The normalized spacial score (nSPS) is 20.7. The fourth-order valence-electron chi connectivity index (χ4n) is 2.77. The Hall–Kier alpha value is -1.33. The molecule has 2 rings (SSSR count). The number of ketones is 1. The predicted molar refractivity (Wildman–Crippen MR) is 78.5 cm³/mol. The number of likely N-dealkylation sites (N-methyl/N-ethyl adjacent to an activating group) is 1. The Labute approximate surface area is 124 Å². The summed E-state index contributed by atoms with van der Waals surface area (Å²) in [4.78, 5) is 16.6. The molecule has 0 aliphatic carbocycles. The fraction of sp³-hybridized carbons (Fsp3) is 0.562. The third-order valence-corrected chi connectivity index (χ3v) is 4.17. The van der Waals surface area contributed by atoms with Crippen LogP contribution in [0.25, 0.3) is 0 Å². The molecule has 1 heterocycles. The van der Waals surface area contributed by atoms with E-state index >= 15 is 0 Å². The summed E-state index contributed by atoms with van der Waals surface area (Å²) in [6.45, 7) is 5.66. The molecule has 116 valence electrons. The first-order chi connectivity index (χ1) is 9.99. The van der Waals surface area contributed by atoms with Crippen molar-refractivity contribution in [3.05, 3.63) is 35.4 Å². The van der Waals surface area contributed by atoms with Gasteiger partial charge in [-0.05, 0) is 25.6 Å². The third-order valence-electron chi connectivity index (χ3n) is 4.17. The van der Waals surface area contributed by atoms with E-state index in [1.807, 2.05) is 0 Å². The van der Waals surface area contributed by atoms with Crippen LogP contribution in [0.15, 0.2) is 18.2 Å². The number of halogens is 2. The second-order valence-electron chi connectivity index (χ2n) is 5.67. The van der Waals surface area contributed by atoms with Crippen molar-refractivity contribution in [3.63, 3.8) is 0 Å². The van der Waals surface area contributed by atoms with Gasteiger partial charge in [-0.2, -0.15) is 0 Å². The number of hydrogen-bond acceptors (Lipinski definition) is 3. The Kier molecular flexibility index (Phi) is 5.42. The molecule has 0 bridgehead atoms. The van der Waals surface area contributed by atoms with Gasteiger partial charge in [0.25, 0.3) is 0 Å². The molecule has 0 saturated carbocycles. The van der Waals surface area contributed by atoms with Crippen molar-refractivity contribution in [3.8, 4) is 0 Å². The average molecular weight is 296 g/mol. The van der Waals surface area contributed by atoms with Gasteiger partial charge in [0, 0.05) is 50.3 Å². The van der Waals surface area contributed by atoms with Crippen LogP contribution < -0.4 is 0 Å². The number of benzene rings is 1. The quantitative estimate of drug-likeness (QED) is 0.780. The molecule has 1 saturated heterocycles. The van der Waals surface area contributed by atoms with Crippen molar-refractivity contribution in [1.82, 2.24) is 9.80 Å². The van der Waals surface area contributed by atoms with Gasteiger partial charge in [-0.3, -0.25) is 4.79 Å². The van der Waals surface area contributed by atoms with Crippen LogP contribution in [0, 0.1) is 11.6 Å². The van der Waals surface area contributed by atoms with E-state index in [0.717, 1.165) is 44.3 Å². The van der Waals surface area contributed by atoms with Gasteiger partial charge < -0.3 is 9.80 Å². The van der Waals surface area contributed by atoms with Gasteiger partial charge in [0.1, 0.15) is 11.6 Å². The van der Waals surface area contributed by atoms with E-state index in [1.165, 1.54) is 0 Å². The van der Waals surface area contributed by atoms with Crippen molar-refractivity contribution in [2.45, 2.75) is 25.8 Å². The van der Waals surface area contributed by atoms with E-state index in [1.54, 1.807) is 0 Å². The molecule has 5 heteroatoms. The standard InChI is InChI=1S/C16H22F2N2O/c1-3-15-11-20(7-6-19(15)2)5-4-16(21)12-8-13(17)10-14(18)9-12/h8-10,15H,3-7,11H2,1-2H3. The van der Waals surface area contributed by atoms with Gasteiger partial charge >= 0.3 is 0 Å². The van der Waals surface area contributed by atoms with Crippen molar-refractivity contribution in [2.75, 3.05) is 33.2 Å². The highest BCUT2D eigenvalue weighted by Crippen LogP contribution is 2.13. The van der Waals surface area contributed by atoms with Crippen LogP contribution >= 0.6 is 0 Å². The number of piperazine rings is 1. The van der Waals surface area contributed by atoms with E-state index in [4.69, 9.17) is 0 Å². The molecule has 0 spiro atoms. The Morgan fingerprint density at radius 2 is 1.90 bits per heavy atom. The van der Waals surface area contributed by atoms with Crippen molar-refractivity contribution in [2.24, 2.45) is 0 Å². The first-order valence-corrected chi connectivity index (χ1v) is 7.41. The first-order valence-electron chi connectivity index (χ1n) is 7.41. The molecule has 3 nitrogen and oxygen atoms in total. The second kappa shape index (κ2) is 7.09. The highest BCUT2D eigenvalue weighted by molar-refractivity contribution is 5.96. The van der Waals surface area contributed by atoms with Crippen LogP contribution in [0.5, 0.6) is 0 Å². The number of hydrogen-bond donors (Lipinski definition) is 0. The summed E-state index contributed by atoms with van der Waals surface area (Å²) in [6, 6.07) is 3.50. The Morgan fingerprint density at radius 1 is 1.24 bits per heavy atom.